The number of rotatable bonds is 4. The van der Waals surface area contributed by atoms with Crippen LogP contribution >= 0.6 is 15.9 Å². The van der Waals surface area contributed by atoms with Gasteiger partial charge in [0.15, 0.2) is 0 Å². The highest BCUT2D eigenvalue weighted by molar-refractivity contribution is 9.10. The third-order valence-electron chi connectivity index (χ3n) is 3.87. The molecule has 3 nitrogen and oxygen atoms in total. The van der Waals surface area contributed by atoms with E-state index in [1.165, 1.54) is 19.3 Å². The second-order valence-electron chi connectivity index (χ2n) is 5.62. The standard InChI is InChI=1S/C16H23BrN2O/c1-12-10-14(17)11-13(2)16(12)18-15(20)6-9-19-7-4-3-5-8-19/h10-11H,3-9H2,1-2H3,(H,18,20). The lowest BCUT2D eigenvalue weighted by molar-refractivity contribution is -0.116. The third kappa shape index (κ3) is 4.32. The Morgan fingerprint density at radius 1 is 1.20 bits per heavy atom. The minimum Gasteiger partial charge on any atom is -0.326 e. The lowest BCUT2D eigenvalue weighted by atomic mass is 10.1. The van der Waals surface area contributed by atoms with E-state index < -0.39 is 0 Å². The molecular weight excluding hydrogens is 316 g/mol. The first kappa shape index (κ1) is 15.5. The van der Waals surface area contributed by atoms with Crippen molar-refractivity contribution in [1.29, 1.82) is 0 Å². The van der Waals surface area contributed by atoms with Crippen LogP contribution in [0.1, 0.15) is 36.8 Å². The van der Waals surface area contributed by atoms with Crippen LogP contribution in [0.2, 0.25) is 0 Å². The Labute approximate surface area is 129 Å². The van der Waals surface area contributed by atoms with Crippen molar-refractivity contribution >= 4 is 27.5 Å². The number of likely N-dealkylation sites (tertiary alicyclic amines) is 1. The number of carbonyl (C=O) groups excluding carboxylic acids is 1. The Morgan fingerprint density at radius 3 is 2.40 bits per heavy atom. The van der Waals surface area contributed by atoms with Crippen LogP contribution in [0, 0.1) is 13.8 Å². The molecule has 110 valence electrons. The van der Waals surface area contributed by atoms with Gasteiger partial charge in [0.2, 0.25) is 5.91 Å². The second kappa shape index (κ2) is 7.23. The van der Waals surface area contributed by atoms with Gasteiger partial charge in [-0.25, -0.2) is 0 Å². The molecular formula is C16H23BrN2O. The van der Waals surface area contributed by atoms with Gasteiger partial charge in [0, 0.05) is 23.1 Å². The van der Waals surface area contributed by atoms with E-state index >= 15 is 0 Å². The van der Waals surface area contributed by atoms with E-state index in [-0.39, 0.29) is 5.91 Å². The Bertz CT molecular complexity index is 458. The summed E-state index contributed by atoms with van der Waals surface area (Å²) in [4.78, 5) is 14.5. The van der Waals surface area contributed by atoms with Gasteiger partial charge in [0.25, 0.3) is 0 Å². The minimum absolute atomic E-state index is 0.115. The SMILES string of the molecule is Cc1cc(Br)cc(C)c1NC(=O)CCN1CCCCC1. The average molecular weight is 339 g/mol. The van der Waals surface area contributed by atoms with E-state index in [9.17, 15) is 4.79 Å². The van der Waals surface area contributed by atoms with Gasteiger partial charge < -0.3 is 10.2 Å². The van der Waals surface area contributed by atoms with Crippen molar-refractivity contribution in [2.75, 3.05) is 25.0 Å². The molecule has 1 heterocycles. The van der Waals surface area contributed by atoms with Crippen LogP contribution in [-0.2, 0) is 4.79 Å². The summed E-state index contributed by atoms with van der Waals surface area (Å²) in [7, 11) is 0. The number of nitrogens with one attached hydrogen (secondary N) is 1. The summed E-state index contributed by atoms with van der Waals surface area (Å²) in [6.45, 7) is 7.21. The quantitative estimate of drug-likeness (QED) is 0.903. The Hall–Kier alpha value is -0.870. The topological polar surface area (TPSA) is 32.3 Å². The van der Waals surface area contributed by atoms with Gasteiger partial charge >= 0.3 is 0 Å². The van der Waals surface area contributed by atoms with Crippen LogP contribution < -0.4 is 5.32 Å². The van der Waals surface area contributed by atoms with Crippen LogP contribution in [0.4, 0.5) is 5.69 Å². The zero-order valence-electron chi connectivity index (χ0n) is 12.3. The molecule has 1 saturated heterocycles. The molecule has 4 heteroatoms. The Balaban J connectivity index is 1.88. The number of nitrogens with zero attached hydrogens (tertiary/aromatic N) is 1. The molecule has 0 aromatic heterocycles. The highest BCUT2D eigenvalue weighted by atomic mass is 79.9. The summed E-state index contributed by atoms with van der Waals surface area (Å²) >= 11 is 3.48. The van der Waals surface area contributed by atoms with Gasteiger partial charge in [-0.15, -0.1) is 0 Å². The van der Waals surface area contributed by atoms with Crippen molar-refractivity contribution in [2.45, 2.75) is 39.5 Å². The summed E-state index contributed by atoms with van der Waals surface area (Å²) < 4.78 is 1.05. The highest BCUT2D eigenvalue weighted by Gasteiger charge is 2.13. The normalized spacial score (nSPS) is 16.1. The molecule has 1 aromatic rings. The summed E-state index contributed by atoms with van der Waals surface area (Å²) in [5, 5.41) is 3.06. The van der Waals surface area contributed by atoms with Crippen LogP contribution in [0.25, 0.3) is 0 Å². The summed E-state index contributed by atoms with van der Waals surface area (Å²) in [5.41, 5.74) is 3.16. The second-order valence-corrected chi connectivity index (χ2v) is 6.53. The van der Waals surface area contributed by atoms with Gasteiger partial charge in [-0.2, -0.15) is 0 Å². The Kier molecular flexibility index (Phi) is 5.61. The van der Waals surface area contributed by atoms with Gasteiger partial charge in [0.1, 0.15) is 0 Å². The predicted octanol–water partition coefficient (Wildman–Crippen LogP) is 3.88. The lowest BCUT2D eigenvalue weighted by Gasteiger charge is -2.26. The van der Waals surface area contributed by atoms with Crippen molar-refractivity contribution in [3.8, 4) is 0 Å². The maximum atomic E-state index is 12.1. The van der Waals surface area contributed by atoms with Crippen molar-refractivity contribution in [2.24, 2.45) is 0 Å². The van der Waals surface area contributed by atoms with Gasteiger partial charge in [-0.1, -0.05) is 22.4 Å². The number of piperidine rings is 1. The first-order chi connectivity index (χ1) is 9.56. The van der Waals surface area contributed by atoms with Crippen molar-refractivity contribution < 1.29 is 4.79 Å². The maximum Gasteiger partial charge on any atom is 0.225 e. The lowest BCUT2D eigenvalue weighted by Crippen LogP contribution is -2.32. The van der Waals surface area contributed by atoms with E-state index in [1.54, 1.807) is 0 Å². The van der Waals surface area contributed by atoms with Crippen molar-refractivity contribution in [1.82, 2.24) is 4.90 Å². The van der Waals surface area contributed by atoms with Gasteiger partial charge in [-0.3, -0.25) is 4.79 Å². The van der Waals surface area contributed by atoms with E-state index in [2.05, 4.69) is 26.1 Å². The highest BCUT2D eigenvalue weighted by Crippen LogP contribution is 2.25. The first-order valence-corrected chi connectivity index (χ1v) is 8.14. The maximum absolute atomic E-state index is 12.1. The molecule has 1 amide bonds. The number of amides is 1. The van der Waals surface area contributed by atoms with Crippen LogP contribution in [0.15, 0.2) is 16.6 Å². The van der Waals surface area contributed by atoms with E-state index in [0.717, 1.165) is 40.9 Å². The third-order valence-corrected chi connectivity index (χ3v) is 4.32. The summed E-state index contributed by atoms with van der Waals surface area (Å²) in [6, 6.07) is 4.07. The Morgan fingerprint density at radius 2 is 1.80 bits per heavy atom. The molecule has 0 saturated carbocycles. The average Bonchev–Trinajstić information content (AvgIpc) is 2.42. The molecule has 1 aliphatic rings. The smallest absolute Gasteiger partial charge is 0.225 e. The fourth-order valence-corrected chi connectivity index (χ4v) is 3.44. The largest absolute Gasteiger partial charge is 0.326 e. The molecule has 2 rings (SSSR count). The molecule has 1 aliphatic heterocycles. The molecule has 0 atom stereocenters. The number of halogens is 1. The molecule has 1 aromatic carbocycles. The minimum atomic E-state index is 0.115. The first-order valence-electron chi connectivity index (χ1n) is 7.35. The molecule has 0 spiro atoms. The summed E-state index contributed by atoms with van der Waals surface area (Å²) in [6.07, 6.45) is 4.45. The molecule has 0 bridgehead atoms. The van der Waals surface area contributed by atoms with Crippen molar-refractivity contribution in [3.05, 3.63) is 27.7 Å². The molecule has 0 aliphatic carbocycles. The fourth-order valence-electron chi connectivity index (χ4n) is 2.75. The number of carbonyl (C=O) groups is 1. The van der Waals surface area contributed by atoms with E-state index in [1.807, 2.05) is 26.0 Å². The number of hydrogen-bond donors (Lipinski definition) is 1. The molecule has 20 heavy (non-hydrogen) atoms. The van der Waals surface area contributed by atoms with Crippen LogP contribution in [0.5, 0.6) is 0 Å². The number of anilines is 1. The zero-order valence-corrected chi connectivity index (χ0v) is 13.9. The fraction of sp³-hybridized carbons (Fsp3) is 0.562. The van der Waals surface area contributed by atoms with Gasteiger partial charge in [-0.05, 0) is 63.0 Å². The number of benzene rings is 1. The van der Waals surface area contributed by atoms with Crippen LogP contribution in [0.3, 0.4) is 0 Å². The summed E-state index contributed by atoms with van der Waals surface area (Å²) in [5.74, 6) is 0.115. The predicted molar refractivity (Wildman–Crippen MR) is 87.2 cm³/mol. The molecule has 1 N–H and O–H groups in total. The molecule has 0 unspecified atom stereocenters. The van der Waals surface area contributed by atoms with Crippen LogP contribution in [-0.4, -0.2) is 30.4 Å². The molecule has 0 radical (unpaired) electrons. The number of hydrogen-bond acceptors (Lipinski definition) is 2. The van der Waals surface area contributed by atoms with Crippen molar-refractivity contribution in [3.63, 3.8) is 0 Å². The van der Waals surface area contributed by atoms with E-state index in [0.29, 0.717) is 6.42 Å². The van der Waals surface area contributed by atoms with Gasteiger partial charge in [0.05, 0.1) is 0 Å². The zero-order chi connectivity index (χ0) is 14.5. The van der Waals surface area contributed by atoms with E-state index in [4.69, 9.17) is 0 Å². The number of aryl methyl sites for hydroxylation is 2. The molecule has 1 fully saturated rings. The monoisotopic (exact) mass is 338 g/mol.